The van der Waals surface area contributed by atoms with E-state index in [4.69, 9.17) is 17.3 Å². The lowest BCUT2D eigenvalue weighted by Crippen LogP contribution is -2.27. The second-order valence-electron chi connectivity index (χ2n) is 4.67. The molecule has 0 atom stereocenters. The predicted molar refractivity (Wildman–Crippen MR) is 87.3 cm³/mol. The van der Waals surface area contributed by atoms with Crippen LogP contribution in [0.2, 0.25) is 5.02 Å². The molecule has 4 nitrogen and oxygen atoms in total. The molecule has 0 unspecified atom stereocenters. The molecular weight excluding hydrogens is 328 g/mol. The molecule has 1 aromatic heterocycles. The van der Waals surface area contributed by atoms with Crippen LogP contribution >= 0.6 is 22.9 Å². The van der Waals surface area contributed by atoms with Crippen molar-refractivity contribution in [3.63, 3.8) is 0 Å². The Bertz CT molecular complexity index is 713. The molecule has 1 aromatic carbocycles. The predicted octanol–water partition coefficient (Wildman–Crippen LogP) is 2.69. The molecule has 2 rings (SSSR count). The van der Waals surface area contributed by atoms with Gasteiger partial charge in [-0.25, -0.2) is 13.1 Å². The SMILES string of the molecule is Cc1c(CN)cc(Cl)cc1S(=O)(=O)NCCc1ccsc1. The standard InChI is InChI=1S/C14H17ClN2O2S2/c1-10-12(8-16)6-13(15)7-14(10)21(18,19)17-4-2-11-3-5-20-9-11/h3,5-7,9,17H,2,4,8,16H2,1H3. The highest BCUT2D eigenvalue weighted by molar-refractivity contribution is 7.89. The Morgan fingerprint density at radius 1 is 1.38 bits per heavy atom. The highest BCUT2D eigenvalue weighted by Crippen LogP contribution is 2.24. The molecule has 0 saturated heterocycles. The van der Waals surface area contributed by atoms with Gasteiger partial charge in [-0.05, 0) is 59.0 Å². The number of hydrogen-bond acceptors (Lipinski definition) is 4. The Hall–Kier alpha value is -0.920. The van der Waals surface area contributed by atoms with Crippen LogP contribution in [-0.2, 0) is 23.0 Å². The Morgan fingerprint density at radius 3 is 2.76 bits per heavy atom. The maximum atomic E-state index is 12.4. The summed E-state index contributed by atoms with van der Waals surface area (Å²) in [4.78, 5) is 0.195. The fourth-order valence-electron chi connectivity index (χ4n) is 2.04. The topological polar surface area (TPSA) is 72.2 Å². The van der Waals surface area contributed by atoms with E-state index in [9.17, 15) is 8.42 Å². The third-order valence-electron chi connectivity index (χ3n) is 3.23. The number of halogens is 1. The molecule has 21 heavy (non-hydrogen) atoms. The summed E-state index contributed by atoms with van der Waals surface area (Å²) in [7, 11) is -3.59. The number of hydrogen-bond donors (Lipinski definition) is 2. The zero-order chi connectivity index (χ0) is 15.5. The maximum Gasteiger partial charge on any atom is 0.240 e. The van der Waals surface area contributed by atoms with Crippen molar-refractivity contribution in [2.45, 2.75) is 24.8 Å². The van der Waals surface area contributed by atoms with Gasteiger partial charge in [-0.2, -0.15) is 11.3 Å². The first kappa shape index (κ1) is 16.5. The van der Waals surface area contributed by atoms with Gasteiger partial charge in [0.2, 0.25) is 10.0 Å². The lowest BCUT2D eigenvalue weighted by molar-refractivity contribution is 0.581. The molecule has 0 bridgehead atoms. The zero-order valence-corrected chi connectivity index (χ0v) is 14.0. The van der Waals surface area contributed by atoms with Gasteiger partial charge in [0, 0.05) is 18.1 Å². The first-order valence-corrected chi connectivity index (χ1v) is 9.24. The normalized spacial score (nSPS) is 11.8. The van der Waals surface area contributed by atoms with Crippen LogP contribution in [0.4, 0.5) is 0 Å². The minimum Gasteiger partial charge on any atom is -0.326 e. The van der Waals surface area contributed by atoms with Crippen molar-refractivity contribution in [2.24, 2.45) is 5.73 Å². The van der Waals surface area contributed by atoms with Crippen LogP contribution in [0.15, 0.2) is 33.9 Å². The summed E-state index contributed by atoms with van der Waals surface area (Å²) < 4.78 is 27.4. The molecule has 0 fully saturated rings. The summed E-state index contributed by atoms with van der Waals surface area (Å²) in [6.07, 6.45) is 0.659. The van der Waals surface area contributed by atoms with Crippen LogP contribution in [0.25, 0.3) is 0 Å². The van der Waals surface area contributed by atoms with Crippen LogP contribution in [0.3, 0.4) is 0 Å². The van der Waals surface area contributed by atoms with Crippen molar-refractivity contribution >= 4 is 33.0 Å². The van der Waals surface area contributed by atoms with E-state index < -0.39 is 10.0 Å². The van der Waals surface area contributed by atoms with E-state index in [1.807, 2.05) is 16.8 Å². The second-order valence-corrected chi connectivity index (χ2v) is 7.62. The summed E-state index contributed by atoms with van der Waals surface area (Å²) in [6, 6.07) is 5.14. The Morgan fingerprint density at radius 2 is 2.14 bits per heavy atom. The highest BCUT2D eigenvalue weighted by Gasteiger charge is 2.19. The van der Waals surface area contributed by atoms with Crippen LogP contribution < -0.4 is 10.5 Å². The van der Waals surface area contributed by atoms with Crippen molar-refractivity contribution in [1.82, 2.24) is 4.72 Å². The molecular formula is C14H17ClN2O2S2. The fraction of sp³-hybridized carbons (Fsp3) is 0.286. The van der Waals surface area contributed by atoms with Crippen molar-refractivity contribution in [2.75, 3.05) is 6.54 Å². The number of benzene rings is 1. The van der Waals surface area contributed by atoms with Crippen LogP contribution in [0.1, 0.15) is 16.7 Å². The van der Waals surface area contributed by atoms with E-state index in [-0.39, 0.29) is 11.4 Å². The summed E-state index contributed by atoms with van der Waals surface area (Å²) in [5, 5.41) is 4.35. The summed E-state index contributed by atoms with van der Waals surface area (Å²) in [6.45, 7) is 2.35. The van der Waals surface area contributed by atoms with Crippen molar-refractivity contribution < 1.29 is 8.42 Å². The van der Waals surface area contributed by atoms with Gasteiger partial charge >= 0.3 is 0 Å². The zero-order valence-electron chi connectivity index (χ0n) is 11.6. The van der Waals surface area contributed by atoms with Gasteiger partial charge in [0.05, 0.1) is 4.90 Å². The average Bonchev–Trinajstić information content (AvgIpc) is 2.93. The molecule has 114 valence electrons. The first-order valence-electron chi connectivity index (χ1n) is 6.44. The summed E-state index contributed by atoms with van der Waals surface area (Å²) >= 11 is 7.57. The van der Waals surface area contributed by atoms with E-state index in [2.05, 4.69) is 4.72 Å². The number of thiophene rings is 1. The lowest BCUT2D eigenvalue weighted by atomic mass is 10.1. The van der Waals surface area contributed by atoms with Gasteiger partial charge in [0.25, 0.3) is 0 Å². The van der Waals surface area contributed by atoms with Crippen molar-refractivity contribution in [3.8, 4) is 0 Å². The van der Waals surface area contributed by atoms with Gasteiger partial charge in [-0.3, -0.25) is 0 Å². The molecule has 0 amide bonds. The minimum absolute atomic E-state index is 0.195. The summed E-state index contributed by atoms with van der Waals surface area (Å²) in [5.41, 5.74) is 8.12. The highest BCUT2D eigenvalue weighted by atomic mass is 35.5. The van der Waals surface area contributed by atoms with Gasteiger partial charge in [-0.15, -0.1) is 0 Å². The molecule has 0 saturated carbocycles. The van der Waals surface area contributed by atoms with Gasteiger partial charge < -0.3 is 5.73 Å². The van der Waals surface area contributed by atoms with E-state index in [0.717, 1.165) is 11.1 Å². The first-order chi connectivity index (χ1) is 9.94. The number of nitrogens with two attached hydrogens (primary N) is 1. The average molecular weight is 345 g/mol. The largest absolute Gasteiger partial charge is 0.326 e. The molecule has 0 spiro atoms. The van der Waals surface area contributed by atoms with Crippen LogP contribution in [-0.4, -0.2) is 15.0 Å². The molecule has 0 radical (unpaired) electrons. The molecule has 3 N–H and O–H groups in total. The van der Waals surface area contributed by atoms with Crippen LogP contribution in [0, 0.1) is 6.92 Å². The van der Waals surface area contributed by atoms with Gasteiger partial charge in [-0.1, -0.05) is 11.6 Å². The minimum atomic E-state index is -3.59. The summed E-state index contributed by atoms with van der Waals surface area (Å²) in [5.74, 6) is 0. The third-order valence-corrected chi connectivity index (χ3v) is 5.77. The number of sulfonamides is 1. The molecule has 1 heterocycles. The monoisotopic (exact) mass is 344 g/mol. The number of rotatable bonds is 6. The number of nitrogens with one attached hydrogen (secondary N) is 1. The van der Waals surface area contributed by atoms with Crippen LogP contribution in [0.5, 0.6) is 0 Å². The van der Waals surface area contributed by atoms with E-state index in [0.29, 0.717) is 23.6 Å². The molecule has 0 aliphatic carbocycles. The molecule has 0 aliphatic heterocycles. The smallest absolute Gasteiger partial charge is 0.240 e. The van der Waals surface area contributed by atoms with Crippen molar-refractivity contribution in [3.05, 3.63) is 50.7 Å². The molecule has 0 aliphatic rings. The van der Waals surface area contributed by atoms with Crippen molar-refractivity contribution in [1.29, 1.82) is 0 Å². The quantitative estimate of drug-likeness (QED) is 0.846. The Labute approximate surface area is 134 Å². The van der Waals surface area contributed by atoms with E-state index in [1.165, 1.54) is 6.07 Å². The second kappa shape index (κ2) is 6.89. The Balaban J connectivity index is 2.17. The maximum absolute atomic E-state index is 12.4. The fourth-order valence-corrected chi connectivity index (χ4v) is 4.39. The van der Waals surface area contributed by atoms with Gasteiger partial charge in [0.15, 0.2) is 0 Å². The molecule has 7 heteroatoms. The lowest BCUT2D eigenvalue weighted by Gasteiger charge is -2.12. The van der Waals surface area contributed by atoms with E-state index >= 15 is 0 Å². The molecule has 2 aromatic rings. The third kappa shape index (κ3) is 4.05. The van der Waals surface area contributed by atoms with Gasteiger partial charge in [0.1, 0.15) is 0 Å². The Kier molecular flexibility index (Phi) is 5.40. The van der Waals surface area contributed by atoms with E-state index in [1.54, 1.807) is 24.3 Å².